The van der Waals surface area contributed by atoms with Gasteiger partial charge >= 0.3 is 5.97 Å². The Morgan fingerprint density at radius 3 is 2.77 bits per heavy atom. The van der Waals surface area contributed by atoms with Gasteiger partial charge in [-0.1, -0.05) is 6.07 Å². The summed E-state index contributed by atoms with van der Waals surface area (Å²) in [5.41, 5.74) is -1.26. The van der Waals surface area contributed by atoms with Crippen molar-refractivity contribution in [2.24, 2.45) is 0 Å². The number of pyridine rings is 2. The molecule has 26 heavy (non-hydrogen) atoms. The molecule has 134 valence electrons. The van der Waals surface area contributed by atoms with E-state index in [0.29, 0.717) is 0 Å². The zero-order valence-electron chi connectivity index (χ0n) is 13.8. The van der Waals surface area contributed by atoms with Crippen LogP contribution in [0.4, 0.5) is 14.5 Å². The first-order valence-electron chi connectivity index (χ1n) is 7.85. The van der Waals surface area contributed by atoms with Gasteiger partial charge in [0.25, 0.3) is 0 Å². The molecule has 2 N–H and O–H groups in total. The molecule has 2 heterocycles. The van der Waals surface area contributed by atoms with E-state index in [2.05, 4.69) is 10.3 Å². The highest BCUT2D eigenvalue weighted by Crippen LogP contribution is 2.27. The standard InChI is InChI=1S/C18H15F2N3O3/c1-2-23-9-12(18(25)26)17(24)11-6-13(19)15(14(20)16(11)23)22-8-10-4-3-5-21-7-10/h3-7,9,22H,2,8H2,1H3,(H,25,26). The van der Waals surface area contributed by atoms with Crippen LogP contribution in [-0.2, 0) is 13.1 Å². The van der Waals surface area contributed by atoms with Crippen LogP contribution >= 0.6 is 0 Å². The molecule has 3 rings (SSSR count). The van der Waals surface area contributed by atoms with Crippen molar-refractivity contribution in [2.75, 3.05) is 5.32 Å². The molecule has 0 unspecified atom stereocenters. The maximum Gasteiger partial charge on any atom is 0.341 e. The van der Waals surface area contributed by atoms with Gasteiger partial charge in [0.05, 0.1) is 10.9 Å². The predicted molar refractivity (Wildman–Crippen MR) is 92.3 cm³/mol. The van der Waals surface area contributed by atoms with Crippen molar-refractivity contribution in [1.82, 2.24) is 9.55 Å². The van der Waals surface area contributed by atoms with Gasteiger partial charge in [0.15, 0.2) is 5.82 Å². The van der Waals surface area contributed by atoms with Gasteiger partial charge in [0, 0.05) is 31.7 Å². The Morgan fingerprint density at radius 2 is 2.15 bits per heavy atom. The van der Waals surface area contributed by atoms with Crippen LogP contribution in [0.1, 0.15) is 22.8 Å². The molecule has 0 amide bonds. The van der Waals surface area contributed by atoms with Crippen LogP contribution in [0, 0.1) is 11.6 Å². The van der Waals surface area contributed by atoms with Crippen molar-refractivity contribution in [3.63, 3.8) is 0 Å². The lowest BCUT2D eigenvalue weighted by atomic mass is 10.1. The molecule has 0 fully saturated rings. The smallest absolute Gasteiger partial charge is 0.341 e. The Hall–Kier alpha value is -3.29. The molecule has 0 spiro atoms. The van der Waals surface area contributed by atoms with Gasteiger partial charge < -0.3 is 15.0 Å². The van der Waals surface area contributed by atoms with E-state index >= 15 is 0 Å². The highest BCUT2D eigenvalue weighted by molar-refractivity contribution is 5.93. The summed E-state index contributed by atoms with van der Waals surface area (Å²) in [5.74, 6) is -3.36. The van der Waals surface area contributed by atoms with E-state index < -0.39 is 28.6 Å². The molecule has 6 nitrogen and oxygen atoms in total. The van der Waals surface area contributed by atoms with Crippen LogP contribution in [0.25, 0.3) is 10.9 Å². The first-order chi connectivity index (χ1) is 12.4. The summed E-state index contributed by atoms with van der Waals surface area (Å²) in [4.78, 5) is 27.4. The number of nitrogens with one attached hydrogen (secondary N) is 1. The molecule has 0 aliphatic rings. The Bertz CT molecular complexity index is 1050. The van der Waals surface area contributed by atoms with Crippen LogP contribution in [0.2, 0.25) is 0 Å². The maximum absolute atomic E-state index is 15.0. The monoisotopic (exact) mass is 359 g/mol. The number of hydrogen-bond acceptors (Lipinski definition) is 4. The van der Waals surface area contributed by atoms with Gasteiger partial charge in [0.2, 0.25) is 5.43 Å². The fourth-order valence-corrected chi connectivity index (χ4v) is 2.74. The van der Waals surface area contributed by atoms with E-state index in [1.54, 1.807) is 31.5 Å². The van der Waals surface area contributed by atoms with E-state index in [4.69, 9.17) is 5.11 Å². The van der Waals surface area contributed by atoms with Gasteiger partial charge in [-0.3, -0.25) is 9.78 Å². The Kier molecular flexibility index (Phi) is 4.66. The number of aromatic nitrogens is 2. The highest BCUT2D eigenvalue weighted by atomic mass is 19.1. The fourth-order valence-electron chi connectivity index (χ4n) is 2.74. The number of halogens is 2. The van der Waals surface area contributed by atoms with E-state index in [1.807, 2.05) is 0 Å². The highest BCUT2D eigenvalue weighted by Gasteiger charge is 2.21. The average molecular weight is 359 g/mol. The second-order valence-electron chi connectivity index (χ2n) is 5.62. The molecule has 3 aromatic rings. The normalized spacial score (nSPS) is 10.9. The molecule has 0 radical (unpaired) electrons. The first-order valence-corrected chi connectivity index (χ1v) is 7.85. The molecule has 0 aliphatic heterocycles. The minimum Gasteiger partial charge on any atom is -0.477 e. The van der Waals surface area contributed by atoms with Gasteiger partial charge in [-0.2, -0.15) is 0 Å². The summed E-state index contributed by atoms with van der Waals surface area (Å²) < 4.78 is 30.7. The number of aromatic carboxylic acids is 1. The van der Waals surface area contributed by atoms with Crippen molar-refractivity contribution in [1.29, 1.82) is 0 Å². The second-order valence-corrected chi connectivity index (χ2v) is 5.62. The zero-order chi connectivity index (χ0) is 18.8. The van der Waals surface area contributed by atoms with E-state index in [9.17, 15) is 18.4 Å². The third-order valence-corrected chi connectivity index (χ3v) is 4.02. The lowest BCUT2D eigenvalue weighted by Crippen LogP contribution is -2.20. The number of hydrogen-bond donors (Lipinski definition) is 2. The van der Waals surface area contributed by atoms with Crippen LogP contribution < -0.4 is 10.7 Å². The number of benzene rings is 1. The van der Waals surface area contributed by atoms with E-state index in [1.165, 1.54) is 4.57 Å². The SMILES string of the molecule is CCn1cc(C(=O)O)c(=O)c2cc(F)c(NCc3cccnc3)c(F)c21. The summed E-state index contributed by atoms with van der Waals surface area (Å²) in [6.07, 6.45) is 4.21. The average Bonchev–Trinajstić information content (AvgIpc) is 2.63. The number of nitrogens with zero attached hydrogens (tertiary/aromatic N) is 2. The molecular weight excluding hydrogens is 344 g/mol. The summed E-state index contributed by atoms with van der Waals surface area (Å²) in [5, 5.41) is 11.5. The molecule has 0 atom stereocenters. The second kappa shape index (κ2) is 6.91. The third-order valence-electron chi connectivity index (χ3n) is 4.02. The number of anilines is 1. The predicted octanol–water partition coefficient (Wildman–Crippen LogP) is 3.00. The van der Waals surface area contributed by atoms with Crippen molar-refractivity contribution < 1.29 is 18.7 Å². The molecule has 0 saturated heterocycles. The summed E-state index contributed by atoms with van der Waals surface area (Å²) in [6.45, 7) is 2.01. The van der Waals surface area contributed by atoms with Gasteiger partial charge in [-0.05, 0) is 24.6 Å². The lowest BCUT2D eigenvalue weighted by Gasteiger charge is -2.15. The number of rotatable bonds is 5. The summed E-state index contributed by atoms with van der Waals surface area (Å²) in [7, 11) is 0. The molecule has 0 bridgehead atoms. The van der Waals surface area contributed by atoms with Gasteiger partial charge in [-0.25, -0.2) is 13.6 Å². The number of fused-ring (bicyclic) bond motifs is 1. The number of carbonyl (C=O) groups is 1. The maximum atomic E-state index is 15.0. The molecule has 0 saturated carbocycles. The Balaban J connectivity index is 2.16. The summed E-state index contributed by atoms with van der Waals surface area (Å²) >= 11 is 0. The van der Waals surface area contributed by atoms with Crippen molar-refractivity contribution >= 4 is 22.6 Å². The molecule has 1 aromatic carbocycles. The quantitative estimate of drug-likeness (QED) is 0.732. The van der Waals surface area contributed by atoms with Crippen molar-refractivity contribution in [2.45, 2.75) is 20.0 Å². The van der Waals surface area contributed by atoms with Crippen LogP contribution in [-0.4, -0.2) is 20.6 Å². The molecule has 2 aromatic heterocycles. The minimum atomic E-state index is -1.45. The number of aryl methyl sites for hydroxylation is 1. The molecular formula is C18H15F2N3O3. The third kappa shape index (κ3) is 3.01. The molecule has 0 aliphatic carbocycles. The fraction of sp³-hybridized carbons (Fsp3) is 0.167. The lowest BCUT2D eigenvalue weighted by molar-refractivity contribution is 0.0695. The van der Waals surface area contributed by atoms with E-state index in [0.717, 1.165) is 17.8 Å². The first kappa shape index (κ1) is 17.5. The largest absolute Gasteiger partial charge is 0.477 e. The van der Waals surface area contributed by atoms with Crippen LogP contribution in [0.3, 0.4) is 0 Å². The molecule has 8 heteroatoms. The van der Waals surface area contributed by atoms with Crippen LogP contribution in [0.5, 0.6) is 0 Å². The Morgan fingerprint density at radius 1 is 1.38 bits per heavy atom. The van der Waals surface area contributed by atoms with E-state index in [-0.39, 0.29) is 29.7 Å². The minimum absolute atomic E-state index is 0.136. The van der Waals surface area contributed by atoms with Gasteiger partial charge in [0.1, 0.15) is 17.1 Å². The zero-order valence-corrected chi connectivity index (χ0v) is 13.8. The number of carboxylic acid groups (broad SMARTS) is 1. The van der Waals surface area contributed by atoms with Gasteiger partial charge in [-0.15, -0.1) is 0 Å². The van der Waals surface area contributed by atoms with Crippen molar-refractivity contribution in [3.05, 3.63) is 69.8 Å². The number of carboxylic acids is 1. The van der Waals surface area contributed by atoms with Crippen molar-refractivity contribution in [3.8, 4) is 0 Å². The van der Waals surface area contributed by atoms with Crippen LogP contribution in [0.15, 0.2) is 41.6 Å². The Labute approximate surface area is 146 Å². The summed E-state index contributed by atoms with van der Waals surface area (Å²) in [6, 6.07) is 4.31. The topological polar surface area (TPSA) is 84.2 Å².